The summed E-state index contributed by atoms with van der Waals surface area (Å²) in [6, 6.07) is 3.49. The highest BCUT2D eigenvalue weighted by molar-refractivity contribution is 5.94. The molecule has 3 amide bonds. The lowest BCUT2D eigenvalue weighted by Crippen LogP contribution is -2.54. The van der Waals surface area contributed by atoms with Gasteiger partial charge < -0.3 is 15.5 Å². The lowest BCUT2D eigenvalue weighted by Gasteiger charge is -2.36. The van der Waals surface area contributed by atoms with Gasteiger partial charge in [-0.15, -0.1) is 0 Å². The first kappa shape index (κ1) is 26.7. The number of amides is 3. The smallest absolute Gasteiger partial charge is 0.354 e. The maximum absolute atomic E-state index is 12.8. The second-order valence-corrected chi connectivity index (χ2v) is 9.49. The van der Waals surface area contributed by atoms with E-state index in [0.29, 0.717) is 38.9 Å². The molecule has 0 aromatic heterocycles. The Morgan fingerprint density at radius 3 is 2.06 bits per heavy atom. The summed E-state index contributed by atoms with van der Waals surface area (Å²) in [6.07, 6.45) is -3.12. The summed E-state index contributed by atoms with van der Waals surface area (Å²) in [5.74, 6) is -0.459. The van der Waals surface area contributed by atoms with Gasteiger partial charge in [0.2, 0.25) is 11.8 Å². The number of benzene rings is 1. The number of piperidine rings is 1. The Labute approximate surface area is 193 Å². The summed E-state index contributed by atoms with van der Waals surface area (Å²) in [6.45, 7) is 9.05. The zero-order valence-corrected chi connectivity index (χ0v) is 19.7. The highest BCUT2D eigenvalue weighted by Crippen LogP contribution is 2.29. The summed E-state index contributed by atoms with van der Waals surface area (Å²) in [7, 11) is 0. The summed E-state index contributed by atoms with van der Waals surface area (Å²) < 4.78 is 38.3. The zero-order chi connectivity index (χ0) is 24.8. The van der Waals surface area contributed by atoms with Crippen LogP contribution in [0.5, 0.6) is 0 Å². The van der Waals surface area contributed by atoms with Crippen LogP contribution in [0.1, 0.15) is 62.9 Å². The van der Waals surface area contributed by atoms with Crippen molar-refractivity contribution in [1.82, 2.24) is 15.5 Å². The number of likely N-dealkylation sites (tertiary alicyclic amines) is 1. The van der Waals surface area contributed by atoms with Crippen molar-refractivity contribution in [1.29, 1.82) is 0 Å². The molecular weight excluding hydrogens is 435 g/mol. The Bertz CT molecular complexity index is 814. The molecular formula is C24H34F3N3O3. The number of carbonyl (C=O) groups is 3. The molecule has 1 atom stereocenters. The Morgan fingerprint density at radius 2 is 1.58 bits per heavy atom. The van der Waals surface area contributed by atoms with E-state index in [1.165, 1.54) is 12.1 Å². The molecule has 0 aliphatic carbocycles. The molecule has 1 fully saturated rings. The summed E-state index contributed by atoms with van der Waals surface area (Å²) >= 11 is 0. The van der Waals surface area contributed by atoms with Crippen molar-refractivity contribution >= 4 is 17.7 Å². The predicted molar refractivity (Wildman–Crippen MR) is 119 cm³/mol. The highest BCUT2D eigenvalue weighted by atomic mass is 19.4. The van der Waals surface area contributed by atoms with Crippen LogP contribution < -0.4 is 10.6 Å². The average Bonchev–Trinajstić information content (AvgIpc) is 2.74. The quantitative estimate of drug-likeness (QED) is 0.607. The van der Waals surface area contributed by atoms with Gasteiger partial charge in [0.25, 0.3) is 5.91 Å². The third-order valence-electron chi connectivity index (χ3n) is 5.63. The normalized spacial score (nSPS) is 16.1. The SMILES string of the molecule is CC(C)CNC(=O)[C@H](NC(=O)CC(C)C)C1CCN(C(=O)c2ccc(C(F)(F)F)cc2)CC1. The number of hydrogen-bond donors (Lipinski definition) is 2. The monoisotopic (exact) mass is 469 g/mol. The molecule has 0 saturated carbocycles. The summed E-state index contributed by atoms with van der Waals surface area (Å²) in [5.41, 5.74) is -0.608. The van der Waals surface area contributed by atoms with E-state index in [-0.39, 0.29) is 41.0 Å². The van der Waals surface area contributed by atoms with Crippen LogP contribution in [0.3, 0.4) is 0 Å². The molecule has 9 heteroatoms. The lowest BCUT2D eigenvalue weighted by atomic mass is 9.88. The van der Waals surface area contributed by atoms with E-state index >= 15 is 0 Å². The van der Waals surface area contributed by atoms with Crippen LogP contribution in [0.15, 0.2) is 24.3 Å². The van der Waals surface area contributed by atoms with Crippen LogP contribution in [0.25, 0.3) is 0 Å². The minimum atomic E-state index is -4.45. The van der Waals surface area contributed by atoms with Crippen LogP contribution in [0, 0.1) is 17.8 Å². The Morgan fingerprint density at radius 1 is 1.00 bits per heavy atom. The fraction of sp³-hybridized carbons (Fsp3) is 0.625. The second kappa shape index (κ2) is 11.5. The molecule has 0 unspecified atom stereocenters. The number of alkyl halides is 3. The minimum Gasteiger partial charge on any atom is -0.354 e. The highest BCUT2D eigenvalue weighted by Gasteiger charge is 2.34. The van der Waals surface area contributed by atoms with E-state index in [4.69, 9.17) is 0 Å². The van der Waals surface area contributed by atoms with Crippen molar-refractivity contribution < 1.29 is 27.6 Å². The number of hydrogen-bond acceptors (Lipinski definition) is 3. The van der Waals surface area contributed by atoms with Gasteiger partial charge in [-0.2, -0.15) is 13.2 Å². The molecule has 2 N–H and O–H groups in total. The number of halogens is 3. The lowest BCUT2D eigenvalue weighted by molar-refractivity contribution is -0.137. The van der Waals surface area contributed by atoms with Crippen molar-refractivity contribution in [2.45, 2.75) is 59.2 Å². The van der Waals surface area contributed by atoms with Crippen molar-refractivity contribution in [3.63, 3.8) is 0 Å². The number of nitrogens with zero attached hydrogens (tertiary/aromatic N) is 1. The van der Waals surface area contributed by atoms with Gasteiger partial charge in [0, 0.05) is 31.6 Å². The predicted octanol–water partition coefficient (Wildman–Crippen LogP) is 3.86. The van der Waals surface area contributed by atoms with Gasteiger partial charge in [-0.1, -0.05) is 27.7 Å². The molecule has 1 aliphatic heterocycles. The van der Waals surface area contributed by atoms with Crippen LogP contribution >= 0.6 is 0 Å². The fourth-order valence-electron chi connectivity index (χ4n) is 3.84. The van der Waals surface area contributed by atoms with Gasteiger partial charge in [0.05, 0.1) is 5.56 Å². The Hall–Kier alpha value is -2.58. The second-order valence-electron chi connectivity index (χ2n) is 9.49. The zero-order valence-electron chi connectivity index (χ0n) is 19.7. The van der Waals surface area contributed by atoms with Crippen LogP contribution in [0.4, 0.5) is 13.2 Å². The third-order valence-corrected chi connectivity index (χ3v) is 5.63. The molecule has 0 spiro atoms. The molecule has 33 heavy (non-hydrogen) atoms. The van der Waals surface area contributed by atoms with Crippen molar-refractivity contribution in [2.24, 2.45) is 17.8 Å². The largest absolute Gasteiger partial charge is 0.416 e. The minimum absolute atomic E-state index is 0.134. The van der Waals surface area contributed by atoms with Crippen molar-refractivity contribution in [2.75, 3.05) is 19.6 Å². The van der Waals surface area contributed by atoms with E-state index in [2.05, 4.69) is 10.6 Å². The van der Waals surface area contributed by atoms with E-state index in [0.717, 1.165) is 12.1 Å². The molecule has 1 aromatic carbocycles. The Kier molecular flexibility index (Phi) is 9.31. The number of rotatable bonds is 8. The first-order chi connectivity index (χ1) is 15.4. The van der Waals surface area contributed by atoms with Gasteiger partial charge in [-0.3, -0.25) is 14.4 Å². The maximum atomic E-state index is 12.8. The Balaban J connectivity index is 2.03. The van der Waals surface area contributed by atoms with E-state index < -0.39 is 17.8 Å². The first-order valence-corrected chi connectivity index (χ1v) is 11.4. The van der Waals surface area contributed by atoms with E-state index in [1.807, 2.05) is 27.7 Å². The first-order valence-electron chi connectivity index (χ1n) is 11.4. The molecule has 0 bridgehead atoms. The fourth-order valence-corrected chi connectivity index (χ4v) is 3.84. The molecule has 1 aliphatic rings. The van der Waals surface area contributed by atoms with Gasteiger partial charge in [0.15, 0.2) is 0 Å². The molecule has 2 rings (SSSR count). The van der Waals surface area contributed by atoms with Gasteiger partial charge in [-0.05, 0) is 54.9 Å². The summed E-state index contributed by atoms with van der Waals surface area (Å²) in [5, 5.41) is 5.77. The average molecular weight is 470 g/mol. The van der Waals surface area contributed by atoms with Crippen LogP contribution in [-0.4, -0.2) is 48.3 Å². The molecule has 1 heterocycles. The summed E-state index contributed by atoms with van der Waals surface area (Å²) in [4.78, 5) is 39.5. The van der Waals surface area contributed by atoms with Gasteiger partial charge >= 0.3 is 6.18 Å². The molecule has 1 aromatic rings. The maximum Gasteiger partial charge on any atom is 0.416 e. The van der Waals surface area contributed by atoms with Gasteiger partial charge in [-0.25, -0.2) is 0 Å². The molecule has 1 saturated heterocycles. The van der Waals surface area contributed by atoms with Crippen molar-refractivity contribution in [3.05, 3.63) is 35.4 Å². The van der Waals surface area contributed by atoms with Gasteiger partial charge in [0.1, 0.15) is 6.04 Å². The van der Waals surface area contributed by atoms with Crippen LogP contribution in [0.2, 0.25) is 0 Å². The topological polar surface area (TPSA) is 78.5 Å². The standard InChI is InChI=1S/C24H34F3N3O3/c1-15(2)13-20(31)29-21(22(32)28-14-16(3)4)17-9-11-30(12-10-17)23(33)18-5-7-19(8-6-18)24(25,26)27/h5-8,15-17,21H,9-14H2,1-4H3,(H,28,32)(H,29,31)/t21-/m1/s1. The van der Waals surface area contributed by atoms with E-state index in [9.17, 15) is 27.6 Å². The number of carbonyl (C=O) groups excluding carboxylic acids is 3. The third kappa shape index (κ3) is 8.05. The molecule has 0 radical (unpaired) electrons. The molecule has 6 nitrogen and oxygen atoms in total. The molecule has 184 valence electrons. The van der Waals surface area contributed by atoms with E-state index in [1.54, 1.807) is 4.90 Å². The van der Waals surface area contributed by atoms with Crippen LogP contribution in [-0.2, 0) is 15.8 Å². The van der Waals surface area contributed by atoms with Crippen molar-refractivity contribution in [3.8, 4) is 0 Å². The number of nitrogens with one attached hydrogen (secondary N) is 2.